The minimum absolute atomic E-state index is 0.717. The van der Waals surface area contributed by atoms with E-state index in [1.165, 1.54) is 5.56 Å². The molecule has 0 spiro atoms. The van der Waals surface area contributed by atoms with Gasteiger partial charge in [0.1, 0.15) is 5.75 Å². The highest BCUT2D eigenvalue weighted by Crippen LogP contribution is 2.34. The molecule has 0 aliphatic heterocycles. The maximum absolute atomic E-state index is 6.11. The van der Waals surface area contributed by atoms with Crippen LogP contribution in [-0.2, 0) is 6.54 Å². The van der Waals surface area contributed by atoms with Gasteiger partial charge in [-0.25, -0.2) is 0 Å². The van der Waals surface area contributed by atoms with Gasteiger partial charge in [0.05, 0.1) is 7.11 Å². The fourth-order valence-electron chi connectivity index (χ4n) is 2.09. The summed E-state index contributed by atoms with van der Waals surface area (Å²) >= 11 is 6.11. The van der Waals surface area contributed by atoms with Crippen LogP contribution in [0.15, 0.2) is 42.5 Å². The summed E-state index contributed by atoms with van der Waals surface area (Å²) in [7, 11) is 1.68. The average molecular weight is 276 g/mol. The van der Waals surface area contributed by atoms with Gasteiger partial charge in [0.15, 0.2) is 0 Å². The van der Waals surface area contributed by atoms with Crippen LogP contribution < -0.4 is 10.1 Å². The molecule has 0 radical (unpaired) electrons. The number of halogens is 1. The molecule has 3 heteroatoms. The highest BCUT2D eigenvalue weighted by molar-refractivity contribution is 6.31. The van der Waals surface area contributed by atoms with Crippen LogP contribution in [0.4, 0.5) is 0 Å². The van der Waals surface area contributed by atoms with Crippen molar-refractivity contribution in [3.8, 4) is 16.9 Å². The molecule has 0 bridgehead atoms. The van der Waals surface area contributed by atoms with Crippen molar-refractivity contribution in [2.24, 2.45) is 0 Å². The van der Waals surface area contributed by atoms with Gasteiger partial charge in [0, 0.05) is 17.1 Å². The Bertz CT molecular complexity index is 554. The summed E-state index contributed by atoms with van der Waals surface area (Å²) in [4.78, 5) is 0. The van der Waals surface area contributed by atoms with E-state index in [1.807, 2.05) is 30.3 Å². The zero-order chi connectivity index (χ0) is 13.7. The molecule has 0 fully saturated rings. The fourth-order valence-corrected chi connectivity index (χ4v) is 2.26. The maximum Gasteiger partial charge on any atom is 0.126 e. The van der Waals surface area contributed by atoms with Crippen LogP contribution in [0, 0.1) is 0 Å². The van der Waals surface area contributed by atoms with Crippen LogP contribution in [0.2, 0.25) is 5.02 Å². The monoisotopic (exact) mass is 275 g/mol. The zero-order valence-corrected chi connectivity index (χ0v) is 12.0. The third kappa shape index (κ3) is 3.28. The van der Waals surface area contributed by atoms with Gasteiger partial charge in [0.25, 0.3) is 0 Å². The van der Waals surface area contributed by atoms with E-state index in [-0.39, 0.29) is 0 Å². The quantitative estimate of drug-likeness (QED) is 0.886. The first-order valence-electron chi connectivity index (χ1n) is 6.38. The largest absolute Gasteiger partial charge is 0.496 e. The molecule has 2 aromatic rings. The first-order valence-corrected chi connectivity index (χ1v) is 6.76. The average Bonchev–Trinajstić information content (AvgIpc) is 2.45. The number of ether oxygens (including phenoxy) is 1. The molecule has 0 aliphatic rings. The van der Waals surface area contributed by atoms with E-state index in [4.69, 9.17) is 16.3 Å². The molecule has 2 rings (SSSR count). The lowest BCUT2D eigenvalue weighted by Gasteiger charge is -2.13. The lowest BCUT2D eigenvalue weighted by molar-refractivity contribution is 0.416. The molecule has 0 saturated heterocycles. The van der Waals surface area contributed by atoms with Crippen LogP contribution in [0.25, 0.3) is 11.1 Å². The lowest BCUT2D eigenvalue weighted by atomic mass is 9.99. The number of methoxy groups -OCH3 is 1. The van der Waals surface area contributed by atoms with Gasteiger partial charge in [0.2, 0.25) is 0 Å². The van der Waals surface area contributed by atoms with Gasteiger partial charge in [-0.05, 0) is 35.9 Å². The van der Waals surface area contributed by atoms with Gasteiger partial charge in [-0.2, -0.15) is 0 Å². The molecule has 19 heavy (non-hydrogen) atoms. The zero-order valence-electron chi connectivity index (χ0n) is 11.2. The van der Waals surface area contributed by atoms with Crippen molar-refractivity contribution in [1.29, 1.82) is 0 Å². The first-order chi connectivity index (χ1) is 9.26. The minimum Gasteiger partial charge on any atom is -0.496 e. The van der Waals surface area contributed by atoms with Gasteiger partial charge in [-0.15, -0.1) is 0 Å². The Morgan fingerprint density at radius 2 is 1.89 bits per heavy atom. The predicted octanol–water partition coefficient (Wildman–Crippen LogP) is 4.13. The topological polar surface area (TPSA) is 21.3 Å². The third-order valence-corrected chi connectivity index (χ3v) is 3.27. The highest BCUT2D eigenvalue weighted by atomic mass is 35.5. The second kappa shape index (κ2) is 6.60. The number of nitrogens with one attached hydrogen (secondary N) is 1. The van der Waals surface area contributed by atoms with E-state index in [2.05, 4.69) is 24.4 Å². The summed E-state index contributed by atoms with van der Waals surface area (Å²) in [5.41, 5.74) is 3.43. The second-order valence-electron chi connectivity index (χ2n) is 4.28. The number of benzene rings is 2. The van der Waals surface area contributed by atoms with Gasteiger partial charge in [-0.1, -0.05) is 42.8 Å². The van der Waals surface area contributed by atoms with Crippen LogP contribution >= 0.6 is 11.6 Å². The molecule has 0 amide bonds. The van der Waals surface area contributed by atoms with Gasteiger partial charge >= 0.3 is 0 Å². The van der Waals surface area contributed by atoms with Crippen LogP contribution in [0.1, 0.15) is 12.5 Å². The molecule has 0 unspecified atom stereocenters. The Morgan fingerprint density at radius 3 is 2.63 bits per heavy atom. The van der Waals surface area contributed by atoms with E-state index >= 15 is 0 Å². The normalized spacial score (nSPS) is 10.5. The smallest absolute Gasteiger partial charge is 0.126 e. The van der Waals surface area contributed by atoms with Crippen molar-refractivity contribution in [2.75, 3.05) is 13.7 Å². The van der Waals surface area contributed by atoms with Crippen molar-refractivity contribution in [2.45, 2.75) is 13.5 Å². The third-order valence-electron chi connectivity index (χ3n) is 3.03. The molecule has 0 atom stereocenters. The Morgan fingerprint density at radius 1 is 1.11 bits per heavy atom. The van der Waals surface area contributed by atoms with Crippen LogP contribution in [0.3, 0.4) is 0 Å². The Kier molecular flexibility index (Phi) is 4.83. The van der Waals surface area contributed by atoms with E-state index in [0.717, 1.165) is 30.0 Å². The summed E-state index contributed by atoms with van der Waals surface area (Å²) in [5, 5.41) is 4.07. The SMILES string of the molecule is CCNCc1ccccc1-c1cc(Cl)ccc1OC. The van der Waals surface area contributed by atoms with Crippen molar-refractivity contribution in [3.63, 3.8) is 0 Å². The molecular formula is C16H18ClNO. The molecular weight excluding hydrogens is 258 g/mol. The van der Waals surface area contributed by atoms with Gasteiger partial charge < -0.3 is 10.1 Å². The first kappa shape index (κ1) is 13.9. The number of hydrogen-bond donors (Lipinski definition) is 1. The lowest BCUT2D eigenvalue weighted by Crippen LogP contribution is -2.12. The molecule has 100 valence electrons. The van der Waals surface area contributed by atoms with E-state index in [9.17, 15) is 0 Å². The van der Waals surface area contributed by atoms with Crippen molar-refractivity contribution in [1.82, 2.24) is 5.32 Å². The summed E-state index contributed by atoms with van der Waals surface area (Å²) < 4.78 is 5.44. The van der Waals surface area contributed by atoms with Crippen molar-refractivity contribution >= 4 is 11.6 Å². The van der Waals surface area contributed by atoms with E-state index in [1.54, 1.807) is 7.11 Å². The summed E-state index contributed by atoms with van der Waals surface area (Å²) in [6.07, 6.45) is 0. The molecule has 0 aromatic heterocycles. The summed E-state index contributed by atoms with van der Waals surface area (Å²) in [6, 6.07) is 14.0. The number of rotatable bonds is 5. The Hall–Kier alpha value is -1.51. The standard InChI is InChI=1S/C16H18ClNO/c1-3-18-11-12-6-4-5-7-14(12)15-10-13(17)8-9-16(15)19-2/h4-10,18H,3,11H2,1-2H3. The fraction of sp³-hybridized carbons (Fsp3) is 0.250. The van der Waals surface area contributed by atoms with Gasteiger partial charge in [-0.3, -0.25) is 0 Å². The highest BCUT2D eigenvalue weighted by Gasteiger charge is 2.10. The van der Waals surface area contributed by atoms with Crippen molar-refractivity contribution < 1.29 is 4.74 Å². The molecule has 2 nitrogen and oxygen atoms in total. The second-order valence-corrected chi connectivity index (χ2v) is 4.72. The van der Waals surface area contributed by atoms with E-state index in [0.29, 0.717) is 5.02 Å². The van der Waals surface area contributed by atoms with E-state index < -0.39 is 0 Å². The molecule has 0 heterocycles. The van der Waals surface area contributed by atoms with Crippen LogP contribution in [-0.4, -0.2) is 13.7 Å². The Labute approximate surface area is 119 Å². The maximum atomic E-state index is 6.11. The molecule has 0 aliphatic carbocycles. The van der Waals surface area contributed by atoms with Crippen molar-refractivity contribution in [3.05, 3.63) is 53.1 Å². The van der Waals surface area contributed by atoms with Crippen LogP contribution in [0.5, 0.6) is 5.75 Å². The molecule has 2 aromatic carbocycles. The summed E-state index contributed by atoms with van der Waals surface area (Å²) in [6.45, 7) is 3.88. The molecule has 0 saturated carbocycles. The number of hydrogen-bond acceptors (Lipinski definition) is 2. The minimum atomic E-state index is 0.717. The molecule has 1 N–H and O–H groups in total. The summed E-state index contributed by atoms with van der Waals surface area (Å²) in [5.74, 6) is 0.841. The predicted molar refractivity (Wildman–Crippen MR) is 80.8 cm³/mol. The Balaban J connectivity index is 2.48.